The number of nitrogens with zero attached hydrogens (tertiary/aromatic N) is 4. The van der Waals surface area contributed by atoms with Crippen LogP contribution in [-0.4, -0.2) is 39.2 Å². The molecule has 0 fully saturated rings. The van der Waals surface area contributed by atoms with Crippen molar-refractivity contribution in [2.75, 3.05) is 11.9 Å². The summed E-state index contributed by atoms with van der Waals surface area (Å²) >= 11 is 0. The maximum absolute atomic E-state index is 12.1. The van der Waals surface area contributed by atoms with Gasteiger partial charge >= 0.3 is 0 Å². The highest BCUT2D eigenvalue weighted by Gasteiger charge is 2.15. The van der Waals surface area contributed by atoms with Gasteiger partial charge in [0.1, 0.15) is 11.6 Å². The van der Waals surface area contributed by atoms with E-state index in [4.69, 9.17) is 14.7 Å². The molecule has 1 amide bonds. The number of benzene rings is 2. The predicted molar refractivity (Wildman–Crippen MR) is 137 cm³/mol. The molecule has 0 unspecified atom stereocenters. The van der Waals surface area contributed by atoms with Crippen molar-refractivity contribution in [3.05, 3.63) is 72.1 Å². The van der Waals surface area contributed by atoms with E-state index in [-0.39, 0.29) is 18.1 Å². The Bertz CT molecular complexity index is 1440. The van der Waals surface area contributed by atoms with Crippen molar-refractivity contribution in [1.82, 2.24) is 20.3 Å². The number of carbonyl (C=O) groups is 1. The van der Waals surface area contributed by atoms with E-state index in [1.54, 1.807) is 6.20 Å². The maximum atomic E-state index is 12.1. The molecule has 0 spiro atoms. The topological polar surface area (TPSA) is 101 Å². The Labute approximate surface area is 203 Å². The molecule has 1 aliphatic heterocycles. The molecule has 3 heterocycles. The predicted octanol–water partition coefficient (Wildman–Crippen LogP) is 4.66. The van der Waals surface area contributed by atoms with E-state index in [9.17, 15) is 4.79 Å². The quantitative estimate of drug-likeness (QED) is 0.429. The molecule has 2 N–H and O–H groups in total. The standard InChI is InChI=1S/C27H26N6O2/c1-27(2,3)33-24(34)16-35-20-8-6-7-17(12-20)25-31-22-10-5-4-9-21(22)26(32-25)30-19-11-18-13-28-15-23(18)29-14-19/h4-14H,15-16H2,1-3H3,(H,33,34)(H,30,31,32). The van der Waals surface area contributed by atoms with Crippen molar-refractivity contribution in [3.8, 4) is 17.1 Å². The summed E-state index contributed by atoms with van der Waals surface area (Å²) in [7, 11) is 0. The normalized spacial score (nSPS) is 12.4. The molecule has 0 atom stereocenters. The first kappa shape index (κ1) is 22.5. The SMILES string of the molecule is CC(C)(C)NC(=O)COc1cccc(-c2nc(Nc3cnc4c(c3)C=NC4)c3ccccc3n2)c1. The van der Waals surface area contributed by atoms with E-state index in [1.807, 2.05) is 81.6 Å². The largest absolute Gasteiger partial charge is 0.484 e. The summed E-state index contributed by atoms with van der Waals surface area (Å²) in [5.41, 5.74) is 4.09. The second kappa shape index (κ2) is 9.13. The minimum atomic E-state index is -0.314. The lowest BCUT2D eigenvalue weighted by molar-refractivity contribution is -0.124. The van der Waals surface area contributed by atoms with Gasteiger partial charge in [0, 0.05) is 28.3 Å². The van der Waals surface area contributed by atoms with Crippen LogP contribution in [0.15, 0.2) is 65.8 Å². The summed E-state index contributed by atoms with van der Waals surface area (Å²) in [6.07, 6.45) is 3.63. The molecule has 2 aromatic heterocycles. The van der Waals surface area contributed by atoms with Gasteiger partial charge in [0.25, 0.3) is 5.91 Å². The number of hydrogen-bond acceptors (Lipinski definition) is 7. The van der Waals surface area contributed by atoms with Crippen LogP contribution in [-0.2, 0) is 11.3 Å². The van der Waals surface area contributed by atoms with Crippen LogP contribution in [0.1, 0.15) is 32.0 Å². The van der Waals surface area contributed by atoms with Crippen LogP contribution in [0.5, 0.6) is 5.75 Å². The van der Waals surface area contributed by atoms with Crippen LogP contribution in [0.4, 0.5) is 11.5 Å². The summed E-state index contributed by atoms with van der Waals surface area (Å²) in [5.74, 6) is 1.62. The highest BCUT2D eigenvalue weighted by Crippen LogP contribution is 2.29. The van der Waals surface area contributed by atoms with Gasteiger partial charge in [-0.3, -0.25) is 14.8 Å². The number of anilines is 2. The van der Waals surface area contributed by atoms with E-state index in [1.165, 1.54) is 0 Å². The summed E-state index contributed by atoms with van der Waals surface area (Å²) < 4.78 is 5.73. The average Bonchev–Trinajstić information content (AvgIpc) is 3.30. The van der Waals surface area contributed by atoms with Gasteiger partial charge in [-0.2, -0.15) is 0 Å². The molecule has 0 radical (unpaired) electrons. The van der Waals surface area contributed by atoms with Crippen molar-refractivity contribution in [2.45, 2.75) is 32.9 Å². The van der Waals surface area contributed by atoms with Gasteiger partial charge in [-0.05, 0) is 51.1 Å². The van der Waals surface area contributed by atoms with Crippen molar-refractivity contribution in [2.24, 2.45) is 4.99 Å². The molecule has 0 saturated heterocycles. The van der Waals surface area contributed by atoms with E-state index in [2.05, 4.69) is 20.6 Å². The first-order valence-corrected chi connectivity index (χ1v) is 11.4. The Morgan fingerprint density at radius 1 is 1.06 bits per heavy atom. The van der Waals surface area contributed by atoms with Crippen molar-refractivity contribution in [1.29, 1.82) is 0 Å². The van der Waals surface area contributed by atoms with Gasteiger partial charge in [-0.15, -0.1) is 0 Å². The van der Waals surface area contributed by atoms with Crippen molar-refractivity contribution >= 4 is 34.5 Å². The lowest BCUT2D eigenvalue weighted by atomic mass is 10.1. The fourth-order valence-corrected chi connectivity index (χ4v) is 3.82. The monoisotopic (exact) mass is 466 g/mol. The van der Waals surface area contributed by atoms with Crippen LogP contribution >= 0.6 is 0 Å². The van der Waals surface area contributed by atoms with E-state index < -0.39 is 0 Å². The molecule has 0 aliphatic carbocycles. The van der Waals surface area contributed by atoms with Gasteiger partial charge in [0.15, 0.2) is 12.4 Å². The van der Waals surface area contributed by atoms with Crippen LogP contribution < -0.4 is 15.4 Å². The molecule has 8 nitrogen and oxygen atoms in total. The van der Waals surface area contributed by atoms with Gasteiger partial charge in [0.2, 0.25) is 0 Å². The first-order chi connectivity index (χ1) is 16.8. The highest BCUT2D eigenvalue weighted by atomic mass is 16.5. The maximum Gasteiger partial charge on any atom is 0.258 e. The van der Waals surface area contributed by atoms with Crippen molar-refractivity contribution in [3.63, 3.8) is 0 Å². The highest BCUT2D eigenvalue weighted by molar-refractivity contribution is 5.93. The van der Waals surface area contributed by atoms with Crippen LogP contribution in [0, 0.1) is 0 Å². The Morgan fingerprint density at radius 2 is 1.91 bits per heavy atom. The molecule has 35 heavy (non-hydrogen) atoms. The molecule has 4 aromatic rings. The molecule has 0 bridgehead atoms. The number of hydrogen-bond donors (Lipinski definition) is 2. The number of rotatable bonds is 6. The lowest BCUT2D eigenvalue weighted by Crippen LogP contribution is -2.43. The van der Waals surface area contributed by atoms with Crippen molar-refractivity contribution < 1.29 is 9.53 Å². The number of aromatic nitrogens is 3. The fraction of sp³-hybridized carbons (Fsp3) is 0.222. The molecule has 2 aromatic carbocycles. The Hall–Kier alpha value is -4.33. The third-order valence-corrected chi connectivity index (χ3v) is 5.32. The number of pyridine rings is 1. The smallest absolute Gasteiger partial charge is 0.258 e. The minimum Gasteiger partial charge on any atom is -0.484 e. The zero-order chi connectivity index (χ0) is 24.4. The Morgan fingerprint density at radius 3 is 2.77 bits per heavy atom. The Balaban J connectivity index is 1.43. The number of para-hydroxylation sites is 1. The molecular weight excluding hydrogens is 440 g/mol. The minimum absolute atomic E-state index is 0.0687. The van der Waals surface area contributed by atoms with Crippen LogP contribution in [0.25, 0.3) is 22.3 Å². The molecule has 8 heteroatoms. The second-order valence-corrected chi connectivity index (χ2v) is 9.38. The molecule has 176 valence electrons. The van der Waals surface area contributed by atoms with Gasteiger partial charge in [0.05, 0.1) is 29.6 Å². The molecule has 1 aliphatic rings. The summed E-state index contributed by atoms with van der Waals surface area (Å²) in [4.78, 5) is 30.5. The van der Waals surface area contributed by atoms with E-state index in [0.717, 1.165) is 33.4 Å². The number of nitrogens with one attached hydrogen (secondary N) is 2. The zero-order valence-electron chi connectivity index (χ0n) is 19.9. The Kier molecular flexibility index (Phi) is 5.86. The summed E-state index contributed by atoms with van der Waals surface area (Å²) in [6, 6.07) is 17.3. The van der Waals surface area contributed by atoms with Crippen LogP contribution in [0.2, 0.25) is 0 Å². The zero-order valence-corrected chi connectivity index (χ0v) is 19.9. The second-order valence-electron chi connectivity index (χ2n) is 9.38. The van der Waals surface area contributed by atoms with E-state index in [0.29, 0.717) is 23.9 Å². The van der Waals surface area contributed by atoms with Gasteiger partial charge < -0.3 is 15.4 Å². The molecular formula is C27H26N6O2. The number of aliphatic imine (C=N–C) groups is 1. The summed E-state index contributed by atoms with van der Waals surface area (Å²) in [6.45, 7) is 6.34. The third-order valence-electron chi connectivity index (χ3n) is 5.32. The van der Waals surface area contributed by atoms with Crippen LogP contribution in [0.3, 0.4) is 0 Å². The molecule has 0 saturated carbocycles. The summed E-state index contributed by atoms with van der Waals surface area (Å²) in [5, 5.41) is 7.20. The lowest BCUT2D eigenvalue weighted by Gasteiger charge is -2.20. The average molecular weight is 467 g/mol. The number of fused-ring (bicyclic) bond motifs is 2. The molecule has 5 rings (SSSR count). The third kappa shape index (κ3) is 5.27. The van der Waals surface area contributed by atoms with Gasteiger partial charge in [-0.25, -0.2) is 9.97 Å². The number of ether oxygens (including phenoxy) is 1. The van der Waals surface area contributed by atoms with Gasteiger partial charge in [-0.1, -0.05) is 24.3 Å². The fourth-order valence-electron chi connectivity index (χ4n) is 3.82. The number of amides is 1. The number of carbonyl (C=O) groups excluding carboxylic acids is 1. The van der Waals surface area contributed by atoms with E-state index >= 15 is 0 Å². The first-order valence-electron chi connectivity index (χ1n) is 11.4.